The number of amides is 1. The molecule has 2 aromatic heterocycles. The van der Waals surface area contributed by atoms with Crippen molar-refractivity contribution in [2.24, 2.45) is 0 Å². The van der Waals surface area contributed by atoms with Gasteiger partial charge < -0.3 is 20.1 Å². The quantitative estimate of drug-likeness (QED) is 0.805. The summed E-state index contributed by atoms with van der Waals surface area (Å²) in [6.45, 7) is 8.37. The highest BCUT2D eigenvalue weighted by atomic mass is 16.5. The van der Waals surface area contributed by atoms with Gasteiger partial charge in [-0.15, -0.1) is 0 Å². The lowest BCUT2D eigenvalue weighted by molar-refractivity contribution is 0.0952. The smallest absolute Gasteiger partial charge is 0.288 e. The van der Waals surface area contributed by atoms with Crippen LogP contribution in [-0.2, 0) is 13.0 Å². The van der Waals surface area contributed by atoms with Gasteiger partial charge in [0.15, 0.2) is 0 Å². The molecule has 1 aliphatic heterocycles. The number of rotatable bonds is 6. The van der Waals surface area contributed by atoms with E-state index in [1.807, 2.05) is 26.8 Å². The Bertz CT molecular complexity index is 788. The standard InChI is InChI=1S/C18H26N6O2/c1-5-15-8-14(23-26-15)9-20-13-6-7-24(10-13)17-11(2)12(3)21-16(22-17)18(25)19-4/h8,13,20H,5-7,9-10H2,1-4H3,(H,19,25)/t13-/m1/s1. The van der Waals surface area contributed by atoms with E-state index in [2.05, 4.69) is 30.7 Å². The fourth-order valence-electron chi connectivity index (χ4n) is 3.11. The number of hydrogen-bond donors (Lipinski definition) is 2. The highest BCUT2D eigenvalue weighted by Gasteiger charge is 2.26. The zero-order valence-corrected chi connectivity index (χ0v) is 15.8. The van der Waals surface area contributed by atoms with Gasteiger partial charge in [-0.3, -0.25) is 4.79 Å². The van der Waals surface area contributed by atoms with Crippen molar-refractivity contribution < 1.29 is 9.32 Å². The lowest BCUT2D eigenvalue weighted by Gasteiger charge is -2.21. The maximum atomic E-state index is 11.9. The molecule has 1 aliphatic rings. The molecular weight excluding hydrogens is 332 g/mol. The first-order valence-electron chi connectivity index (χ1n) is 9.02. The van der Waals surface area contributed by atoms with E-state index in [1.54, 1.807) is 7.05 Å². The third-order valence-electron chi connectivity index (χ3n) is 4.81. The summed E-state index contributed by atoms with van der Waals surface area (Å²) in [5.41, 5.74) is 2.78. The van der Waals surface area contributed by atoms with Gasteiger partial charge in [-0.1, -0.05) is 12.1 Å². The molecule has 0 bridgehead atoms. The second kappa shape index (κ2) is 7.82. The molecule has 1 saturated heterocycles. The van der Waals surface area contributed by atoms with Crippen LogP contribution < -0.4 is 15.5 Å². The molecule has 1 atom stereocenters. The van der Waals surface area contributed by atoms with Crippen LogP contribution in [-0.4, -0.2) is 47.2 Å². The summed E-state index contributed by atoms with van der Waals surface area (Å²) in [4.78, 5) is 22.9. The SMILES string of the molecule is CCc1cc(CN[C@@H]2CCN(c3nc(C(=O)NC)nc(C)c3C)C2)no1. The number of nitrogens with one attached hydrogen (secondary N) is 2. The van der Waals surface area contributed by atoms with Crippen LogP contribution in [0.4, 0.5) is 5.82 Å². The number of nitrogens with zero attached hydrogens (tertiary/aromatic N) is 4. The number of carbonyl (C=O) groups is 1. The average molecular weight is 358 g/mol. The summed E-state index contributed by atoms with van der Waals surface area (Å²) < 4.78 is 5.24. The zero-order valence-electron chi connectivity index (χ0n) is 15.8. The van der Waals surface area contributed by atoms with Crippen molar-refractivity contribution in [3.05, 3.63) is 34.6 Å². The largest absolute Gasteiger partial charge is 0.361 e. The molecule has 3 heterocycles. The van der Waals surface area contributed by atoms with E-state index in [-0.39, 0.29) is 11.7 Å². The normalized spacial score (nSPS) is 16.9. The maximum Gasteiger partial charge on any atom is 0.288 e. The molecule has 1 amide bonds. The number of aromatic nitrogens is 3. The lowest BCUT2D eigenvalue weighted by atomic mass is 10.2. The molecule has 140 valence electrons. The minimum atomic E-state index is -0.263. The van der Waals surface area contributed by atoms with Gasteiger partial charge in [0.1, 0.15) is 11.6 Å². The van der Waals surface area contributed by atoms with E-state index < -0.39 is 0 Å². The van der Waals surface area contributed by atoms with Crippen LogP contribution in [0.1, 0.15) is 46.7 Å². The van der Waals surface area contributed by atoms with E-state index in [4.69, 9.17) is 4.52 Å². The van der Waals surface area contributed by atoms with Crippen LogP contribution >= 0.6 is 0 Å². The minimum absolute atomic E-state index is 0.219. The van der Waals surface area contributed by atoms with Gasteiger partial charge >= 0.3 is 0 Å². The second-order valence-electron chi connectivity index (χ2n) is 6.61. The molecule has 26 heavy (non-hydrogen) atoms. The van der Waals surface area contributed by atoms with Crippen LogP contribution in [0.2, 0.25) is 0 Å². The molecule has 0 unspecified atom stereocenters. The van der Waals surface area contributed by atoms with Gasteiger partial charge in [0.2, 0.25) is 5.82 Å². The van der Waals surface area contributed by atoms with Gasteiger partial charge in [-0.05, 0) is 20.3 Å². The molecule has 0 aromatic carbocycles. The van der Waals surface area contributed by atoms with Gasteiger partial charge in [0.25, 0.3) is 5.91 Å². The van der Waals surface area contributed by atoms with Crippen molar-refractivity contribution in [1.82, 2.24) is 25.8 Å². The van der Waals surface area contributed by atoms with E-state index in [0.29, 0.717) is 12.6 Å². The van der Waals surface area contributed by atoms with Gasteiger partial charge in [-0.2, -0.15) is 0 Å². The molecule has 0 saturated carbocycles. The molecule has 3 rings (SSSR count). The first kappa shape index (κ1) is 18.3. The van der Waals surface area contributed by atoms with E-state index in [0.717, 1.165) is 54.5 Å². The molecule has 0 radical (unpaired) electrons. The predicted octanol–water partition coefficient (Wildman–Crippen LogP) is 1.37. The molecule has 1 fully saturated rings. The Balaban J connectivity index is 1.66. The highest BCUT2D eigenvalue weighted by Crippen LogP contribution is 2.24. The van der Waals surface area contributed by atoms with Crippen molar-refractivity contribution in [3.8, 4) is 0 Å². The fraction of sp³-hybridized carbons (Fsp3) is 0.556. The maximum absolute atomic E-state index is 11.9. The molecule has 8 heteroatoms. The second-order valence-corrected chi connectivity index (χ2v) is 6.61. The highest BCUT2D eigenvalue weighted by molar-refractivity contribution is 5.90. The summed E-state index contributed by atoms with van der Waals surface area (Å²) >= 11 is 0. The molecular formula is C18H26N6O2. The Morgan fingerprint density at radius 2 is 2.19 bits per heavy atom. The molecule has 8 nitrogen and oxygen atoms in total. The topological polar surface area (TPSA) is 96.2 Å². The van der Waals surface area contributed by atoms with Crippen molar-refractivity contribution in [2.45, 2.75) is 46.2 Å². The van der Waals surface area contributed by atoms with Crippen molar-refractivity contribution >= 4 is 11.7 Å². The fourth-order valence-corrected chi connectivity index (χ4v) is 3.11. The minimum Gasteiger partial charge on any atom is -0.361 e. The molecule has 2 aromatic rings. The summed E-state index contributed by atoms with van der Waals surface area (Å²) in [5, 5.41) is 10.2. The Labute approximate surface area is 153 Å². The third kappa shape index (κ3) is 3.85. The summed E-state index contributed by atoms with van der Waals surface area (Å²) in [7, 11) is 1.59. The van der Waals surface area contributed by atoms with E-state index in [1.165, 1.54) is 0 Å². The first-order chi connectivity index (χ1) is 12.5. The van der Waals surface area contributed by atoms with Crippen LogP contribution in [0, 0.1) is 13.8 Å². The van der Waals surface area contributed by atoms with E-state index in [9.17, 15) is 4.79 Å². The number of anilines is 1. The lowest BCUT2D eigenvalue weighted by Crippen LogP contribution is -2.33. The monoisotopic (exact) mass is 358 g/mol. The number of hydrogen-bond acceptors (Lipinski definition) is 7. The van der Waals surface area contributed by atoms with Crippen LogP contribution in [0.3, 0.4) is 0 Å². The average Bonchev–Trinajstić information content (AvgIpc) is 3.30. The molecule has 0 aliphatic carbocycles. The first-order valence-corrected chi connectivity index (χ1v) is 9.02. The van der Waals surface area contributed by atoms with E-state index >= 15 is 0 Å². The Morgan fingerprint density at radius 1 is 1.38 bits per heavy atom. The van der Waals surface area contributed by atoms with Gasteiger partial charge in [-0.25, -0.2) is 9.97 Å². The Hall–Kier alpha value is -2.48. The van der Waals surface area contributed by atoms with Gasteiger partial charge in [0.05, 0.1) is 5.69 Å². The summed E-state index contributed by atoms with van der Waals surface area (Å²) in [6.07, 6.45) is 1.86. The van der Waals surface area contributed by atoms with Crippen LogP contribution in [0.25, 0.3) is 0 Å². The zero-order chi connectivity index (χ0) is 18.7. The third-order valence-corrected chi connectivity index (χ3v) is 4.81. The van der Waals surface area contributed by atoms with Crippen molar-refractivity contribution in [1.29, 1.82) is 0 Å². The van der Waals surface area contributed by atoms with Crippen molar-refractivity contribution in [2.75, 3.05) is 25.0 Å². The number of aryl methyl sites for hydroxylation is 2. The summed E-state index contributed by atoms with van der Waals surface area (Å²) in [5.74, 6) is 1.71. The van der Waals surface area contributed by atoms with Gasteiger partial charge in [0, 0.05) is 56.5 Å². The van der Waals surface area contributed by atoms with Crippen molar-refractivity contribution in [3.63, 3.8) is 0 Å². The predicted molar refractivity (Wildman–Crippen MR) is 98.2 cm³/mol. The van der Waals surface area contributed by atoms with Crippen LogP contribution in [0.15, 0.2) is 10.6 Å². The Morgan fingerprint density at radius 3 is 2.88 bits per heavy atom. The summed E-state index contributed by atoms with van der Waals surface area (Å²) in [6, 6.07) is 2.34. The Kier molecular flexibility index (Phi) is 5.51. The molecule has 0 spiro atoms. The van der Waals surface area contributed by atoms with Crippen LogP contribution in [0.5, 0.6) is 0 Å². The molecule has 2 N–H and O–H groups in total. The number of carbonyl (C=O) groups excluding carboxylic acids is 1.